The molecule has 0 aromatic rings. The number of hydrogen-bond acceptors (Lipinski definition) is 1. The van der Waals surface area contributed by atoms with Crippen LogP contribution in [0.25, 0.3) is 0 Å². The van der Waals surface area contributed by atoms with Crippen LogP contribution in [0.5, 0.6) is 0 Å². The zero-order valence-corrected chi connectivity index (χ0v) is 8.05. The van der Waals surface area contributed by atoms with Crippen LogP contribution in [0, 0.1) is 5.92 Å². The fraction of sp³-hybridized carbons (Fsp3) is 0.900. The second-order valence-corrected chi connectivity index (χ2v) is 3.71. The Morgan fingerprint density at radius 1 is 1.50 bits per heavy atom. The highest BCUT2D eigenvalue weighted by Crippen LogP contribution is 2.33. The van der Waals surface area contributed by atoms with Gasteiger partial charge in [0.05, 0.1) is 5.84 Å². The Morgan fingerprint density at radius 3 is 2.83 bits per heavy atom. The minimum atomic E-state index is 0.841. The Bertz CT molecular complexity index is 148. The van der Waals surface area contributed by atoms with Gasteiger partial charge in [-0.05, 0) is 25.2 Å². The average Bonchev–Trinajstić information content (AvgIpc) is 2.82. The van der Waals surface area contributed by atoms with E-state index in [0.717, 1.165) is 31.1 Å². The monoisotopic (exact) mass is 168 g/mol. The smallest absolute Gasteiger partial charge is 0.0936 e. The Balaban J connectivity index is 1.94. The summed E-state index contributed by atoms with van der Waals surface area (Å²) in [5, 5.41) is 0. The van der Waals surface area contributed by atoms with Crippen molar-refractivity contribution in [1.29, 1.82) is 0 Å². The number of hydrogen-bond donors (Lipinski definition) is 1. The lowest BCUT2D eigenvalue weighted by Crippen LogP contribution is -2.11. The molecule has 2 heteroatoms. The summed E-state index contributed by atoms with van der Waals surface area (Å²) in [6.45, 7) is 3.08. The molecule has 0 saturated heterocycles. The summed E-state index contributed by atoms with van der Waals surface area (Å²) < 4.78 is 0. The number of nitrogens with zero attached hydrogens (tertiary/aromatic N) is 1. The molecule has 70 valence electrons. The lowest BCUT2D eigenvalue weighted by atomic mass is 10.2. The van der Waals surface area contributed by atoms with Crippen LogP contribution in [-0.4, -0.2) is 12.4 Å². The van der Waals surface area contributed by atoms with Crippen molar-refractivity contribution in [3.8, 4) is 0 Å². The normalized spacial score (nSPS) is 18.2. The van der Waals surface area contributed by atoms with Crippen molar-refractivity contribution >= 4 is 5.84 Å². The van der Waals surface area contributed by atoms with E-state index in [1.165, 1.54) is 25.7 Å². The number of rotatable bonds is 6. The summed E-state index contributed by atoms with van der Waals surface area (Å²) in [7, 11) is 0. The van der Waals surface area contributed by atoms with E-state index in [1.807, 2.05) is 0 Å². The average molecular weight is 168 g/mol. The Hall–Kier alpha value is -0.530. The second kappa shape index (κ2) is 5.18. The second-order valence-electron chi connectivity index (χ2n) is 3.71. The van der Waals surface area contributed by atoms with Gasteiger partial charge in [0.15, 0.2) is 0 Å². The lowest BCUT2D eigenvalue weighted by molar-refractivity contribution is 0.674. The first kappa shape index (κ1) is 9.56. The van der Waals surface area contributed by atoms with Crippen molar-refractivity contribution in [3.05, 3.63) is 0 Å². The fourth-order valence-corrected chi connectivity index (χ4v) is 1.34. The van der Waals surface area contributed by atoms with Crippen LogP contribution < -0.4 is 5.73 Å². The molecule has 1 saturated carbocycles. The molecule has 0 aromatic heterocycles. The van der Waals surface area contributed by atoms with Crippen molar-refractivity contribution in [2.45, 2.75) is 45.4 Å². The van der Waals surface area contributed by atoms with Crippen LogP contribution in [0.1, 0.15) is 45.4 Å². The quantitative estimate of drug-likeness (QED) is 0.369. The van der Waals surface area contributed by atoms with Gasteiger partial charge in [0.2, 0.25) is 0 Å². The maximum Gasteiger partial charge on any atom is 0.0936 e. The van der Waals surface area contributed by atoms with Gasteiger partial charge in [-0.15, -0.1) is 0 Å². The topological polar surface area (TPSA) is 38.4 Å². The van der Waals surface area contributed by atoms with Crippen molar-refractivity contribution < 1.29 is 0 Å². The summed E-state index contributed by atoms with van der Waals surface area (Å²) >= 11 is 0. The fourth-order valence-electron chi connectivity index (χ4n) is 1.34. The number of amidine groups is 1. The largest absolute Gasteiger partial charge is 0.387 e. The highest BCUT2D eigenvalue weighted by Gasteiger charge is 2.19. The van der Waals surface area contributed by atoms with Gasteiger partial charge in [0.1, 0.15) is 0 Å². The Kier molecular flexibility index (Phi) is 4.12. The van der Waals surface area contributed by atoms with Gasteiger partial charge < -0.3 is 5.73 Å². The summed E-state index contributed by atoms with van der Waals surface area (Å²) in [6.07, 6.45) is 7.57. The lowest BCUT2D eigenvalue weighted by Gasteiger charge is -1.97. The van der Waals surface area contributed by atoms with Gasteiger partial charge in [0, 0.05) is 13.0 Å². The molecule has 0 spiro atoms. The van der Waals surface area contributed by atoms with E-state index in [1.54, 1.807) is 0 Å². The molecule has 2 N–H and O–H groups in total. The zero-order valence-electron chi connectivity index (χ0n) is 8.05. The molecule has 0 heterocycles. The van der Waals surface area contributed by atoms with Crippen LogP contribution in [0.15, 0.2) is 4.99 Å². The summed E-state index contributed by atoms with van der Waals surface area (Å²) in [5.41, 5.74) is 5.67. The number of nitrogens with two attached hydrogens (primary N) is 1. The predicted octanol–water partition coefficient (Wildman–Crippen LogP) is 2.33. The Labute approximate surface area is 75.3 Å². The molecule has 1 aliphatic rings. The van der Waals surface area contributed by atoms with Crippen molar-refractivity contribution in [3.63, 3.8) is 0 Å². The van der Waals surface area contributed by atoms with Crippen LogP contribution in [0.3, 0.4) is 0 Å². The van der Waals surface area contributed by atoms with Crippen molar-refractivity contribution in [1.82, 2.24) is 0 Å². The summed E-state index contributed by atoms with van der Waals surface area (Å²) in [5.74, 6) is 1.88. The third-order valence-electron chi connectivity index (χ3n) is 2.29. The molecule has 0 atom stereocenters. The van der Waals surface area contributed by atoms with Crippen molar-refractivity contribution in [2.75, 3.05) is 6.54 Å². The predicted molar refractivity (Wildman–Crippen MR) is 53.4 cm³/mol. The van der Waals surface area contributed by atoms with E-state index in [0.29, 0.717) is 0 Å². The van der Waals surface area contributed by atoms with Crippen LogP contribution in [0.4, 0.5) is 0 Å². The SMILES string of the molecule is CCCC(N)=NCCCC1CC1. The minimum Gasteiger partial charge on any atom is -0.387 e. The van der Waals surface area contributed by atoms with Gasteiger partial charge in [0.25, 0.3) is 0 Å². The molecule has 0 amide bonds. The summed E-state index contributed by atoms with van der Waals surface area (Å²) in [4.78, 5) is 4.31. The van der Waals surface area contributed by atoms with E-state index in [2.05, 4.69) is 11.9 Å². The highest BCUT2D eigenvalue weighted by atomic mass is 14.8. The third-order valence-corrected chi connectivity index (χ3v) is 2.29. The van der Waals surface area contributed by atoms with Gasteiger partial charge >= 0.3 is 0 Å². The van der Waals surface area contributed by atoms with Gasteiger partial charge in [-0.25, -0.2) is 0 Å². The highest BCUT2D eigenvalue weighted by molar-refractivity contribution is 5.80. The molecule has 2 nitrogen and oxygen atoms in total. The molecule has 0 aromatic carbocycles. The third kappa shape index (κ3) is 4.37. The molecular formula is C10H20N2. The van der Waals surface area contributed by atoms with E-state index < -0.39 is 0 Å². The minimum absolute atomic E-state index is 0.841. The maximum atomic E-state index is 5.67. The molecule has 1 aliphatic carbocycles. The van der Waals surface area contributed by atoms with Crippen LogP contribution in [0.2, 0.25) is 0 Å². The van der Waals surface area contributed by atoms with Crippen LogP contribution in [-0.2, 0) is 0 Å². The van der Waals surface area contributed by atoms with Gasteiger partial charge in [-0.2, -0.15) is 0 Å². The molecule has 0 bridgehead atoms. The molecule has 1 rings (SSSR count). The van der Waals surface area contributed by atoms with E-state index in [4.69, 9.17) is 5.73 Å². The van der Waals surface area contributed by atoms with Gasteiger partial charge in [-0.1, -0.05) is 19.8 Å². The molecule has 0 aliphatic heterocycles. The first-order chi connectivity index (χ1) is 5.83. The van der Waals surface area contributed by atoms with Gasteiger partial charge in [-0.3, -0.25) is 4.99 Å². The first-order valence-electron chi connectivity index (χ1n) is 5.11. The van der Waals surface area contributed by atoms with E-state index in [9.17, 15) is 0 Å². The molecule has 0 radical (unpaired) electrons. The molecule has 12 heavy (non-hydrogen) atoms. The van der Waals surface area contributed by atoms with E-state index in [-0.39, 0.29) is 0 Å². The molecule has 0 unspecified atom stereocenters. The standard InChI is InChI=1S/C10H20N2/c1-2-4-10(11)12-8-3-5-9-6-7-9/h9H,2-8H2,1H3,(H2,11,12). The number of aliphatic imine (C=N–C) groups is 1. The maximum absolute atomic E-state index is 5.67. The summed E-state index contributed by atoms with van der Waals surface area (Å²) in [6, 6.07) is 0. The molecular weight excluding hydrogens is 148 g/mol. The van der Waals surface area contributed by atoms with Crippen LogP contribution >= 0.6 is 0 Å². The molecule has 1 fully saturated rings. The Morgan fingerprint density at radius 2 is 2.25 bits per heavy atom. The van der Waals surface area contributed by atoms with E-state index >= 15 is 0 Å². The first-order valence-corrected chi connectivity index (χ1v) is 5.11. The van der Waals surface area contributed by atoms with Crippen molar-refractivity contribution in [2.24, 2.45) is 16.6 Å². The zero-order chi connectivity index (χ0) is 8.81.